The summed E-state index contributed by atoms with van der Waals surface area (Å²) in [6, 6.07) is 0. The summed E-state index contributed by atoms with van der Waals surface area (Å²) in [5.41, 5.74) is 0. The second-order valence-corrected chi connectivity index (χ2v) is 7.83. The molecule has 0 spiro atoms. The van der Waals surface area contributed by atoms with Crippen molar-refractivity contribution >= 4 is 105 Å². The minimum absolute atomic E-state index is 0. The van der Waals surface area contributed by atoms with Crippen LogP contribution in [0.4, 0.5) is 0 Å². The van der Waals surface area contributed by atoms with E-state index in [1.165, 1.54) is 83.5 Å². The van der Waals surface area contributed by atoms with E-state index < -0.39 is 16.5 Å². The summed E-state index contributed by atoms with van der Waals surface area (Å²) in [6.45, 7) is 2.65. The number of unbranched alkanes of at least 4 members (excludes halogenated alkanes) is 13. The second-order valence-electron chi connectivity index (χ2n) is 5.95. The first kappa shape index (κ1) is 40.6. The topological polar surface area (TPSA) is 104 Å². The summed E-state index contributed by atoms with van der Waals surface area (Å²) in [5.74, 6) is 0. The van der Waals surface area contributed by atoms with Crippen LogP contribution in [0.2, 0.25) is 0 Å². The molecule has 0 amide bonds. The zero-order valence-corrected chi connectivity index (χ0v) is 17.2. The fraction of sp³-hybridized carbons (Fsp3) is 1.00. The maximum atomic E-state index is 9.44. The van der Waals surface area contributed by atoms with Gasteiger partial charge in [-0.25, -0.2) is 4.31 Å². The van der Waals surface area contributed by atoms with Gasteiger partial charge in [-0.2, -0.15) is 0 Å². The summed E-state index contributed by atoms with van der Waals surface area (Å²) in [4.78, 5) is 15.4. The summed E-state index contributed by atoms with van der Waals surface area (Å²) >= 11 is 0. The van der Waals surface area contributed by atoms with Crippen LogP contribution >= 0.6 is 16.5 Å². The third-order valence-corrected chi connectivity index (χ3v) is 5.08. The van der Waals surface area contributed by atoms with E-state index in [9.17, 15) is 9.13 Å². The fourth-order valence-electron chi connectivity index (χ4n) is 2.38. The third kappa shape index (κ3) is 48.1. The molecule has 154 valence electrons. The van der Waals surface area contributed by atoms with Crippen LogP contribution in [0.15, 0.2) is 0 Å². The SMILES string of the molecule is CCCCCCCCCCCCCCCCO.O=[PH](O)O[PH](=O)O.[NaH].[NaH].[NaH]. The van der Waals surface area contributed by atoms with Crippen molar-refractivity contribution in [3.8, 4) is 0 Å². The van der Waals surface area contributed by atoms with Crippen LogP contribution in [0, 0.1) is 0 Å². The van der Waals surface area contributed by atoms with Gasteiger partial charge in [-0.15, -0.1) is 0 Å². The average molecular weight is 460 g/mol. The van der Waals surface area contributed by atoms with Crippen LogP contribution in [0.5, 0.6) is 0 Å². The number of aliphatic hydroxyl groups is 1. The van der Waals surface area contributed by atoms with E-state index in [1.807, 2.05) is 0 Å². The molecule has 6 nitrogen and oxygen atoms in total. The molecule has 0 aliphatic rings. The van der Waals surface area contributed by atoms with Crippen LogP contribution in [-0.4, -0.2) is 110 Å². The van der Waals surface area contributed by atoms with Gasteiger partial charge < -0.3 is 14.9 Å². The second kappa shape index (κ2) is 36.7. The van der Waals surface area contributed by atoms with E-state index in [1.54, 1.807) is 0 Å². The van der Waals surface area contributed by atoms with Crippen molar-refractivity contribution in [2.75, 3.05) is 6.61 Å². The molecular weight excluding hydrogens is 419 g/mol. The summed E-state index contributed by atoms with van der Waals surface area (Å²) in [6.07, 6.45) is 19.2. The molecule has 0 saturated carbocycles. The zero-order chi connectivity index (χ0) is 18.5. The molecule has 0 aromatic heterocycles. The monoisotopic (exact) mass is 460 g/mol. The summed E-state index contributed by atoms with van der Waals surface area (Å²) < 4.78 is 22.3. The van der Waals surface area contributed by atoms with E-state index in [-0.39, 0.29) is 88.7 Å². The Balaban J connectivity index is -0.000000139. The molecule has 11 heteroatoms. The molecule has 2 unspecified atom stereocenters. The number of aliphatic hydroxyl groups excluding tert-OH is 1. The van der Waals surface area contributed by atoms with Gasteiger partial charge in [-0.3, -0.25) is 9.13 Å². The standard InChI is InChI=1S/C16H34O.3Na.H4O5P2.3H/c1-2-3-4-5-6-7-8-9-10-11-12-13-14-15-16-17;;;;1-6(2)5-7(3)4;;;/h17H,2-16H2,1H3;;;;6-7H,(H,1,2)(H,3,4);;;. The first-order valence-electron chi connectivity index (χ1n) is 9.29. The van der Waals surface area contributed by atoms with Crippen molar-refractivity contribution in [3.63, 3.8) is 0 Å². The quantitative estimate of drug-likeness (QED) is 0.186. The van der Waals surface area contributed by atoms with Crippen molar-refractivity contribution < 1.29 is 28.3 Å². The molecule has 0 rings (SSSR count). The van der Waals surface area contributed by atoms with Crippen molar-refractivity contribution in [1.82, 2.24) is 0 Å². The predicted molar refractivity (Wildman–Crippen MR) is 122 cm³/mol. The first-order valence-corrected chi connectivity index (χ1v) is 11.8. The van der Waals surface area contributed by atoms with Crippen LogP contribution in [0.1, 0.15) is 96.8 Å². The van der Waals surface area contributed by atoms with Crippen LogP contribution in [-0.2, 0) is 13.4 Å². The van der Waals surface area contributed by atoms with Gasteiger partial charge in [-0.05, 0) is 6.42 Å². The molecule has 0 aliphatic carbocycles. The Hall–Kier alpha value is 3.30. The average Bonchev–Trinajstić information content (AvgIpc) is 2.51. The normalized spacial score (nSPS) is 11.7. The molecule has 3 N–H and O–H groups in total. The van der Waals surface area contributed by atoms with E-state index >= 15 is 0 Å². The van der Waals surface area contributed by atoms with Gasteiger partial charge in [0.1, 0.15) is 0 Å². The molecule has 0 heterocycles. The third-order valence-electron chi connectivity index (χ3n) is 3.69. The van der Waals surface area contributed by atoms with Crippen LogP contribution in [0.3, 0.4) is 0 Å². The van der Waals surface area contributed by atoms with Gasteiger partial charge in [0.05, 0.1) is 0 Å². The number of rotatable bonds is 16. The molecule has 0 aromatic carbocycles. The van der Waals surface area contributed by atoms with Gasteiger partial charge >= 0.3 is 105 Å². The molecular formula is C16H41Na3O6P2. The van der Waals surface area contributed by atoms with Gasteiger partial charge in [0.25, 0.3) is 0 Å². The molecule has 0 aliphatic heterocycles. The van der Waals surface area contributed by atoms with Crippen LogP contribution in [0.25, 0.3) is 0 Å². The Morgan fingerprint density at radius 2 is 0.852 bits per heavy atom. The number of hydrogen-bond donors (Lipinski definition) is 3. The van der Waals surface area contributed by atoms with Crippen molar-refractivity contribution in [3.05, 3.63) is 0 Å². The van der Waals surface area contributed by atoms with E-state index in [2.05, 4.69) is 11.2 Å². The van der Waals surface area contributed by atoms with Gasteiger partial charge in [-0.1, -0.05) is 90.4 Å². The molecule has 0 saturated heterocycles. The fourth-order valence-corrected chi connectivity index (χ4v) is 2.98. The Kier molecular flexibility index (Phi) is 55.2. The molecule has 0 fully saturated rings. The van der Waals surface area contributed by atoms with Crippen LogP contribution < -0.4 is 0 Å². The van der Waals surface area contributed by atoms with Gasteiger partial charge in [0.2, 0.25) is 0 Å². The van der Waals surface area contributed by atoms with E-state index in [0.29, 0.717) is 6.61 Å². The zero-order valence-electron chi connectivity index (χ0n) is 15.2. The number of hydrogen-bond acceptors (Lipinski definition) is 4. The van der Waals surface area contributed by atoms with Gasteiger partial charge in [0.15, 0.2) is 0 Å². The molecule has 0 bridgehead atoms. The molecule has 0 radical (unpaired) electrons. The van der Waals surface area contributed by atoms with Crippen molar-refractivity contribution in [2.45, 2.75) is 96.8 Å². The first-order chi connectivity index (χ1) is 11.5. The Morgan fingerprint density at radius 3 is 1.04 bits per heavy atom. The molecule has 2 atom stereocenters. The Bertz CT molecular complexity index is 277. The van der Waals surface area contributed by atoms with Crippen molar-refractivity contribution in [2.24, 2.45) is 0 Å². The summed E-state index contributed by atoms with van der Waals surface area (Å²) in [7, 11) is -6.40. The van der Waals surface area contributed by atoms with Gasteiger partial charge in [0, 0.05) is 6.61 Å². The summed E-state index contributed by atoms with van der Waals surface area (Å²) in [5, 5.41) is 8.64. The Labute approximate surface area is 234 Å². The maximum absolute atomic E-state index is 9.44. The molecule has 27 heavy (non-hydrogen) atoms. The van der Waals surface area contributed by atoms with E-state index in [0.717, 1.165) is 6.42 Å². The van der Waals surface area contributed by atoms with E-state index in [4.69, 9.17) is 14.9 Å². The Morgan fingerprint density at radius 1 is 0.593 bits per heavy atom. The minimum atomic E-state index is -3.20. The van der Waals surface area contributed by atoms with Crippen molar-refractivity contribution in [1.29, 1.82) is 0 Å². The predicted octanol–water partition coefficient (Wildman–Crippen LogP) is 3.28. The molecule has 0 aromatic rings.